The molecular weight excluding hydrogens is 364 g/mol. The van der Waals surface area contributed by atoms with Gasteiger partial charge in [0.15, 0.2) is 0 Å². The van der Waals surface area contributed by atoms with Gasteiger partial charge in [0.05, 0.1) is 12.2 Å². The van der Waals surface area contributed by atoms with Crippen LogP contribution in [0, 0.1) is 6.92 Å². The Hall–Kier alpha value is -3.34. The average molecular weight is 388 g/mol. The molecule has 0 aliphatic carbocycles. The lowest BCUT2D eigenvalue weighted by Crippen LogP contribution is -2.32. The van der Waals surface area contributed by atoms with Gasteiger partial charge in [-0.2, -0.15) is 0 Å². The number of amides is 1. The summed E-state index contributed by atoms with van der Waals surface area (Å²) in [6, 6.07) is 19.7. The number of rotatable bonds is 5. The predicted octanol–water partition coefficient (Wildman–Crippen LogP) is 4.23. The molecule has 5 heteroatoms. The number of hydrogen-bond acceptors (Lipinski definition) is 3. The van der Waals surface area contributed by atoms with Crippen LogP contribution >= 0.6 is 0 Å². The maximum Gasteiger partial charge on any atom is 0.339 e. The summed E-state index contributed by atoms with van der Waals surface area (Å²) >= 11 is 0. The van der Waals surface area contributed by atoms with Crippen molar-refractivity contribution in [1.29, 1.82) is 0 Å². The Labute approximate surface area is 170 Å². The Balaban J connectivity index is 1.71. The minimum Gasteiger partial charge on any atom is -0.462 e. The van der Waals surface area contributed by atoms with Crippen LogP contribution in [0.5, 0.6) is 0 Å². The van der Waals surface area contributed by atoms with Gasteiger partial charge in [0.2, 0.25) is 5.91 Å². The fourth-order valence-electron chi connectivity index (χ4n) is 3.93. The van der Waals surface area contributed by atoms with E-state index in [0.717, 1.165) is 29.1 Å². The van der Waals surface area contributed by atoms with E-state index in [2.05, 4.69) is 6.07 Å². The summed E-state index contributed by atoms with van der Waals surface area (Å²) in [5.74, 6) is -0.346. The molecule has 3 aromatic rings. The van der Waals surface area contributed by atoms with Crippen LogP contribution in [0.25, 0.3) is 11.3 Å². The van der Waals surface area contributed by atoms with Gasteiger partial charge in [0.1, 0.15) is 6.54 Å². The fourth-order valence-corrected chi connectivity index (χ4v) is 3.93. The lowest BCUT2D eigenvalue weighted by atomic mass is 10.1. The SMILES string of the molecule is CCOC(=O)c1cc(-c2ccccc2)n(CC(=O)N2CCc3ccccc32)c1C. The fraction of sp³-hybridized carbons (Fsp3) is 0.250. The first-order chi connectivity index (χ1) is 14.1. The maximum atomic E-state index is 13.2. The first kappa shape index (κ1) is 19.0. The number of carbonyl (C=O) groups is 2. The number of aromatic nitrogens is 1. The molecule has 5 nitrogen and oxygen atoms in total. The van der Waals surface area contributed by atoms with Crippen molar-refractivity contribution in [3.63, 3.8) is 0 Å². The van der Waals surface area contributed by atoms with E-state index in [4.69, 9.17) is 4.74 Å². The molecule has 0 spiro atoms. The highest BCUT2D eigenvalue weighted by Gasteiger charge is 2.27. The Bertz CT molecular complexity index is 1050. The summed E-state index contributed by atoms with van der Waals surface area (Å²) < 4.78 is 7.14. The van der Waals surface area contributed by atoms with Crippen LogP contribution in [0.15, 0.2) is 60.7 Å². The number of hydrogen-bond donors (Lipinski definition) is 0. The third kappa shape index (κ3) is 3.56. The molecule has 2 heterocycles. The lowest BCUT2D eigenvalue weighted by molar-refractivity contribution is -0.119. The molecule has 1 amide bonds. The summed E-state index contributed by atoms with van der Waals surface area (Å²) in [5.41, 5.74) is 5.21. The molecule has 0 fully saturated rings. The molecule has 1 aliphatic rings. The van der Waals surface area contributed by atoms with E-state index in [0.29, 0.717) is 18.7 Å². The van der Waals surface area contributed by atoms with Crippen LogP contribution in [0.4, 0.5) is 5.69 Å². The monoisotopic (exact) mass is 388 g/mol. The van der Waals surface area contributed by atoms with Gasteiger partial charge < -0.3 is 14.2 Å². The van der Waals surface area contributed by atoms with E-state index < -0.39 is 0 Å². The van der Waals surface area contributed by atoms with Crippen molar-refractivity contribution in [3.05, 3.63) is 77.5 Å². The molecule has 4 rings (SSSR count). The quantitative estimate of drug-likeness (QED) is 0.615. The maximum absolute atomic E-state index is 13.2. The second-order valence-corrected chi connectivity index (χ2v) is 7.13. The Morgan fingerprint density at radius 2 is 1.76 bits per heavy atom. The molecule has 0 atom stereocenters. The van der Waals surface area contributed by atoms with E-state index in [9.17, 15) is 9.59 Å². The van der Waals surface area contributed by atoms with Gasteiger partial charge in [-0.05, 0) is 43.5 Å². The predicted molar refractivity (Wildman–Crippen MR) is 113 cm³/mol. The van der Waals surface area contributed by atoms with Crippen molar-refractivity contribution in [2.45, 2.75) is 26.8 Å². The zero-order chi connectivity index (χ0) is 20.4. The highest BCUT2D eigenvalue weighted by molar-refractivity contribution is 5.97. The van der Waals surface area contributed by atoms with E-state index in [1.165, 1.54) is 5.56 Å². The molecule has 0 unspecified atom stereocenters. The minimum atomic E-state index is -0.361. The molecule has 2 aromatic carbocycles. The number of esters is 1. The van der Waals surface area contributed by atoms with Crippen molar-refractivity contribution in [1.82, 2.24) is 4.57 Å². The van der Waals surface area contributed by atoms with Crippen LogP contribution in [0.1, 0.15) is 28.5 Å². The molecule has 0 N–H and O–H groups in total. The molecule has 29 heavy (non-hydrogen) atoms. The van der Waals surface area contributed by atoms with Crippen LogP contribution in [0.3, 0.4) is 0 Å². The number of anilines is 1. The highest BCUT2D eigenvalue weighted by Crippen LogP contribution is 2.30. The van der Waals surface area contributed by atoms with Gasteiger partial charge in [-0.25, -0.2) is 4.79 Å². The molecule has 0 bridgehead atoms. The Morgan fingerprint density at radius 3 is 2.52 bits per heavy atom. The molecule has 1 aromatic heterocycles. The van der Waals surface area contributed by atoms with Crippen LogP contribution in [0.2, 0.25) is 0 Å². The third-order valence-electron chi connectivity index (χ3n) is 5.41. The molecule has 1 aliphatic heterocycles. The summed E-state index contributed by atoms with van der Waals surface area (Å²) in [4.78, 5) is 27.5. The molecular formula is C24H24N2O3. The first-order valence-electron chi connectivity index (χ1n) is 9.91. The van der Waals surface area contributed by atoms with Crippen molar-refractivity contribution in [2.75, 3.05) is 18.1 Å². The first-order valence-corrected chi connectivity index (χ1v) is 9.91. The number of carbonyl (C=O) groups excluding carboxylic acids is 2. The molecule has 0 radical (unpaired) electrons. The Kier molecular flexibility index (Phi) is 5.21. The number of nitrogens with zero attached hydrogens (tertiary/aromatic N) is 2. The van der Waals surface area contributed by atoms with E-state index >= 15 is 0 Å². The third-order valence-corrected chi connectivity index (χ3v) is 5.41. The number of ether oxygens (including phenoxy) is 1. The van der Waals surface area contributed by atoms with Crippen LogP contribution in [-0.2, 0) is 22.5 Å². The van der Waals surface area contributed by atoms with Crippen molar-refractivity contribution >= 4 is 17.6 Å². The normalized spacial score (nSPS) is 12.7. The van der Waals surface area contributed by atoms with E-state index in [-0.39, 0.29) is 18.4 Å². The smallest absolute Gasteiger partial charge is 0.339 e. The number of fused-ring (bicyclic) bond motifs is 1. The van der Waals surface area contributed by atoms with Crippen LogP contribution < -0.4 is 4.90 Å². The topological polar surface area (TPSA) is 51.5 Å². The van der Waals surface area contributed by atoms with E-state index in [1.54, 1.807) is 6.92 Å². The highest BCUT2D eigenvalue weighted by atomic mass is 16.5. The minimum absolute atomic E-state index is 0.0150. The largest absolute Gasteiger partial charge is 0.462 e. The molecule has 0 saturated heterocycles. The van der Waals surface area contributed by atoms with Crippen molar-refractivity contribution in [3.8, 4) is 11.3 Å². The average Bonchev–Trinajstić information content (AvgIpc) is 3.31. The number of para-hydroxylation sites is 1. The standard InChI is InChI=1S/C24H24N2O3/c1-3-29-24(28)20-15-22(18-9-5-4-6-10-18)26(17(20)2)16-23(27)25-14-13-19-11-7-8-12-21(19)25/h4-12,15H,3,13-14,16H2,1-2H3. The summed E-state index contributed by atoms with van der Waals surface area (Å²) in [5, 5.41) is 0. The number of benzene rings is 2. The van der Waals surface area contributed by atoms with Gasteiger partial charge in [-0.15, -0.1) is 0 Å². The lowest BCUT2D eigenvalue weighted by Gasteiger charge is -2.20. The second kappa shape index (κ2) is 7.95. The molecule has 0 saturated carbocycles. The summed E-state index contributed by atoms with van der Waals surface area (Å²) in [6.45, 7) is 4.82. The van der Waals surface area contributed by atoms with Crippen molar-refractivity contribution < 1.29 is 14.3 Å². The van der Waals surface area contributed by atoms with Crippen LogP contribution in [-0.4, -0.2) is 29.6 Å². The molecule has 148 valence electrons. The summed E-state index contributed by atoms with van der Waals surface area (Å²) in [7, 11) is 0. The summed E-state index contributed by atoms with van der Waals surface area (Å²) in [6.07, 6.45) is 0.867. The zero-order valence-electron chi connectivity index (χ0n) is 16.7. The van der Waals surface area contributed by atoms with Gasteiger partial charge in [0, 0.05) is 23.6 Å². The second-order valence-electron chi connectivity index (χ2n) is 7.13. The Morgan fingerprint density at radius 1 is 1.03 bits per heavy atom. The van der Waals surface area contributed by atoms with Gasteiger partial charge in [-0.3, -0.25) is 4.79 Å². The van der Waals surface area contributed by atoms with Gasteiger partial charge in [-0.1, -0.05) is 48.5 Å². The zero-order valence-corrected chi connectivity index (χ0v) is 16.7. The van der Waals surface area contributed by atoms with Crippen molar-refractivity contribution in [2.24, 2.45) is 0 Å². The van der Waals surface area contributed by atoms with E-state index in [1.807, 2.05) is 71.0 Å². The van der Waals surface area contributed by atoms with Gasteiger partial charge >= 0.3 is 5.97 Å². The van der Waals surface area contributed by atoms with Gasteiger partial charge in [0.25, 0.3) is 0 Å².